The fourth-order valence-electron chi connectivity index (χ4n) is 4.15. The van der Waals surface area contributed by atoms with Gasteiger partial charge in [0.15, 0.2) is 5.84 Å². The van der Waals surface area contributed by atoms with Gasteiger partial charge in [0.25, 0.3) is 5.91 Å². The lowest BCUT2D eigenvalue weighted by Crippen LogP contribution is -2.65. The Balaban J connectivity index is 1.60. The van der Waals surface area contributed by atoms with Crippen LogP contribution in [0.4, 0.5) is 10.5 Å². The number of amides is 2. The molecule has 1 saturated heterocycles. The Labute approximate surface area is 188 Å². The van der Waals surface area contributed by atoms with Crippen LogP contribution in [-0.2, 0) is 9.53 Å². The zero-order valence-electron chi connectivity index (χ0n) is 19.8. The molecule has 4 rings (SSSR count). The molecule has 0 spiro atoms. The highest BCUT2D eigenvalue weighted by Crippen LogP contribution is 2.43. The van der Waals surface area contributed by atoms with E-state index >= 15 is 0 Å². The van der Waals surface area contributed by atoms with Crippen molar-refractivity contribution in [1.29, 1.82) is 0 Å². The topological polar surface area (TPSA) is 92.7 Å². The molecule has 1 N–H and O–H groups in total. The number of hydrogen-bond acceptors (Lipinski definition) is 7. The molecule has 1 fully saturated rings. The second-order valence-corrected chi connectivity index (χ2v) is 10.2. The van der Waals surface area contributed by atoms with Crippen LogP contribution in [0.5, 0.6) is 11.5 Å². The van der Waals surface area contributed by atoms with Gasteiger partial charge in [-0.25, -0.2) is 10.2 Å². The number of amidine groups is 1. The second-order valence-electron chi connectivity index (χ2n) is 10.2. The van der Waals surface area contributed by atoms with Crippen molar-refractivity contribution in [2.24, 2.45) is 5.10 Å². The number of hydrogen-bond donors (Lipinski definition) is 1. The number of likely N-dealkylation sites (tertiary alicyclic amines) is 1. The van der Waals surface area contributed by atoms with E-state index in [1.165, 1.54) is 0 Å². The number of nitrogens with one attached hydrogen (secondary N) is 1. The lowest BCUT2D eigenvalue weighted by atomic mass is 9.95. The first-order valence-corrected chi connectivity index (χ1v) is 11.0. The first-order valence-electron chi connectivity index (χ1n) is 11.0. The minimum atomic E-state index is -0.538. The van der Waals surface area contributed by atoms with Crippen molar-refractivity contribution in [2.45, 2.75) is 71.6 Å². The van der Waals surface area contributed by atoms with E-state index in [0.717, 1.165) is 11.3 Å². The largest absolute Gasteiger partial charge is 0.483 e. The van der Waals surface area contributed by atoms with Crippen molar-refractivity contribution in [1.82, 2.24) is 10.3 Å². The number of anilines is 1. The number of nitrogens with zero attached hydrogens (tertiary/aromatic N) is 3. The Morgan fingerprint density at radius 3 is 2.62 bits per heavy atom. The molecule has 1 aromatic carbocycles. The molecule has 1 aromatic rings. The standard InChI is InChI=1S/C23H32N4O5/c1-13(2)15-8-18-16(27-14(3)20(28)25-24-19(27)10-30-18)9-17(15)31-23(7)11-26(12-23)21(29)32-22(4,5)6/h8-9,13-14H,10-12H2,1-7H3,(H,25,28)/t14-/m0/s1. The SMILES string of the molecule is CC(C)c1cc2c(cc1OC1(C)CN(C(=O)OC(C)(C)C)C1)N1C(=NNC(=O)[C@@H]1C)CO2. The van der Waals surface area contributed by atoms with Gasteiger partial charge in [-0.1, -0.05) is 13.8 Å². The zero-order valence-corrected chi connectivity index (χ0v) is 19.8. The van der Waals surface area contributed by atoms with Crippen LogP contribution in [0.3, 0.4) is 0 Å². The summed E-state index contributed by atoms with van der Waals surface area (Å²) in [4.78, 5) is 28.1. The van der Waals surface area contributed by atoms with E-state index in [2.05, 4.69) is 24.4 Å². The van der Waals surface area contributed by atoms with Gasteiger partial charge in [-0.15, -0.1) is 0 Å². The van der Waals surface area contributed by atoms with E-state index in [0.29, 0.717) is 30.4 Å². The molecule has 0 radical (unpaired) electrons. The maximum absolute atomic E-state index is 12.3. The number of ether oxygens (including phenoxy) is 3. The predicted octanol–water partition coefficient (Wildman–Crippen LogP) is 3.23. The molecule has 0 unspecified atom stereocenters. The summed E-state index contributed by atoms with van der Waals surface area (Å²) in [6.07, 6.45) is -0.337. The molecule has 3 aliphatic rings. The number of benzene rings is 1. The van der Waals surface area contributed by atoms with Crippen molar-refractivity contribution >= 4 is 23.5 Å². The third-order valence-electron chi connectivity index (χ3n) is 5.73. The monoisotopic (exact) mass is 444 g/mol. The molecule has 0 aromatic heterocycles. The van der Waals surface area contributed by atoms with Gasteiger partial charge in [0.2, 0.25) is 0 Å². The highest BCUT2D eigenvalue weighted by atomic mass is 16.6. The van der Waals surface area contributed by atoms with Gasteiger partial charge in [0.05, 0.1) is 18.8 Å². The molecule has 9 nitrogen and oxygen atoms in total. The Bertz CT molecular complexity index is 975. The Morgan fingerprint density at radius 2 is 2.00 bits per heavy atom. The first-order chi connectivity index (χ1) is 14.9. The average Bonchev–Trinajstić information content (AvgIpc) is 2.66. The van der Waals surface area contributed by atoms with Gasteiger partial charge in [0.1, 0.15) is 35.3 Å². The first kappa shape index (κ1) is 22.2. The van der Waals surface area contributed by atoms with E-state index in [-0.39, 0.29) is 24.5 Å². The maximum atomic E-state index is 12.3. The Kier molecular flexibility index (Phi) is 5.26. The molecule has 9 heteroatoms. The van der Waals surface area contributed by atoms with Crippen molar-refractivity contribution in [3.63, 3.8) is 0 Å². The highest BCUT2D eigenvalue weighted by molar-refractivity contribution is 6.09. The lowest BCUT2D eigenvalue weighted by molar-refractivity contribution is -0.122. The summed E-state index contributed by atoms with van der Waals surface area (Å²) in [6.45, 7) is 14.7. The third kappa shape index (κ3) is 4.08. The zero-order chi connectivity index (χ0) is 23.4. The van der Waals surface area contributed by atoms with E-state index in [4.69, 9.17) is 14.2 Å². The highest BCUT2D eigenvalue weighted by Gasteiger charge is 2.46. The van der Waals surface area contributed by atoms with Crippen LogP contribution in [0.1, 0.15) is 59.9 Å². The van der Waals surface area contributed by atoms with Gasteiger partial charge >= 0.3 is 6.09 Å². The average molecular weight is 445 g/mol. The van der Waals surface area contributed by atoms with Crippen LogP contribution in [-0.4, -0.2) is 59.7 Å². The number of fused-ring (bicyclic) bond motifs is 3. The van der Waals surface area contributed by atoms with E-state index in [1.54, 1.807) is 4.90 Å². The number of carbonyl (C=O) groups is 2. The fraction of sp³-hybridized carbons (Fsp3) is 0.609. The molecule has 0 aliphatic carbocycles. The van der Waals surface area contributed by atoms with E-state index in [1.807, 2.05) is 51.7 Å². The quantitative estimate of drug-likeness (QED) is 0.770. The van der Waals surface area contributed by atoms with Gasteiger partial charge < -0.3 is 24.0 Å². The van der Waals surface area contributed by atoms with Gasteiger partial charge in [-0.05, 0) is 46.6 Å². The van der Waals surface area contributed by atoms with Gasteiger partial charge in [-0.2, -0.15) is 5.10 Å². The molecule has 3 aliphatic heterocycles. The van der Waals surface area contributed by atoms with Crippen LogP contribution in [0, 0.1) is 0 Å². The minimum absolute atomic E-state index is 0.170. The maximum Gasteiger partial charge on any atom is 0.410 e. The molecule has 174 valence electrons. The van der Waals surface area contributed by atoms with Crippen LogP contribution >= 0.6 is 0 Å². The summed E-state index contributed by atoms with van der Waals surface area (Å²) in [6, 6.07) is 3.50. The Hall–Kier alpha value is -2.97. The van der Waals surface area contributed by atoms with Crippen molar-refractivity contribution in [3.8, 4) is 11.5 Å². The predicted molar refractivity (Wildman–Crippen MR) is 120 cm³/mol. The fourth-order valence-corrected chi connectivity index (χ4v) is 4.15. The van der Waals surface area contributed by atoms with Crippen molar-refractivity contribution < 1.29 is 23.8 Å². The smallest absolute Gasteiger partial charge is 0.410 e. The van der Waals surface area contributed by atoms with Crippen molar-refractivity contribution in [2.75, 3.05) is 24.6 Å². The van der Waals surface area contributed by atoms with Crippen molar-refractivity contribution in [3.05, 3.63) is 17.7 Å². The van der Waals surface area contributed by atoms with E-state index < -0.39 is 17.2 Å². The number of carbonyl (C=O) groups excluding carboxylic acids is 2. The number of hydrazone groups is 1. The molecule has 2 amide bonds. The molecule has 0 saturated carbocycles. The molecule has 32 heavy (non-hydrogen) atoms. The molecule has 3 heterocycles. The summed E-state index contributed by atoms with van der Waals surface area (Å²) in [5, 5.41) is 4.15. The van der Waals surface area contributed by atoms with Crippen LogP contribution < -0.4 is 19.8 Å². The van der Waals surface area contributed by atoms with Crippen LogP contribution in [0.2, 0.25) is 0 Å². The lowest BCUT2D eigenvalue weighted by Gasteiger charge is -2.48. The van der Waals surface area contributed by atoms with Crippen LogP contribution in [0.25, 0.3) is 0 Å². The molecule has 1 atom stereocenters. The van der Waals surface area contributed by atoms with Gasteiger partial charge in [0, 0.05) is 11.6 Å². The second kappa shape index (κ2) is 7.56. The Morgan fingerprint density at radius 1 is 1.31 bits per heavy atom. The summed E-state index contributed by atoms with van der Waals surface area (Å²) >= 11 is 0. The van der Waals surface area contributed by atoms with E-state index in [9.17, 15) is 9.59 Å². The van der Waals surface area contributed by atoms with Crippen LogP contribution in [0.15, 0.2) is 17.2 Å². The molecular weight excluding hydrogens is 412 g/mol. The minimum Gasteiger partial charge on any atom is -0.483 e. The summed E-state index contributed by atoms with van der Waals surface area (Å²) in [5.74, 6) is 2.10. The molecular formula is C23H32N4O5. The summed E-state index contributed by atoms with van der Waals surface area (Å²) in [5.41, 5.74) is 3.23. The summed E-state index contributed by atoms with van der Waals surface area (Å²) in [7, 11) is 0. The molecule has 0 bridgehead atoms. The summed E-state index contributed by atoms with van der Waals surface area (Å²) < 4.78 is 17.9. The van der Waals surface area contributed by atoms with Gasteiger partial charge in [-0.3, -0.25) is 4.79 Å². The third-order valence-corrected chi connectivity index (χ3v) is 5.73. The number of rotatable bonds is 3. The normalized spacial score (nSPS) is 21.6.